The van der Waals surface area contributed by atoms with Gasteiger partial charge in [-0.1, -0.05) is 0 Å². The van der Waals surface area contributed by atoms with E-state index in [4.69, 9.17) is 9.47 Å². The number of rotatable bonds is 7. The molecule has 1 fully saturated rings. The highest BCUT2D eigenvalue weighted by Crippen LogP contribution is 2.20. The van der Waals surface area contributed by atoms with Crippen LogP contribution >= 0.6 is 0 Å². The Balaban J connectivity index is 1.92. The minimum absolute atomic E-state index is 0.249. The molecule has 0 aromatic carbocycles. The van der Waals surface area contributed by atoms with Crippen LogP contribution in [-0.4, -0.2) is 83.0 Å². The molecule has 3 heterocycles. The van der Waals surface area contributed by atoms with Gasteiger partial charge in [0.15, 0.2) is 11.2 Å². The van der Waals surface area contributed by atoms with Crippen LogP contribution in [0, 0.1) is 0 Å². The molecule has 11 heteroatoms. The topological polar surface area (TPSA) is 115 Å². The Morgan fingerprint density at radius 2 is 1.93 bits per heavy atom. The molecule has 3 rings (SSSR count). The zero-order valence-corrected chi connectivity index (χ0v) is 16.4. The van der Waals surface area contributed by atoms with Crippen molar-refractivity contribution in [1.29, 1.82) is 0 Å². The molecule has 11 nitrogen and oxygen atoms in total. The van der Waals surface area contributed by atoms with Gasteiger partial charge in [0.05, 0.1) is 20.3 Å². The summed E-state index contributed by atoms with van der Waals surface area (Å²) in [6.45, 7) is 6.22. The number of imidazole rings is 1. The lowest BCUT2D eigenvalue weighted by atomic mass is 10.3. The number of carbonyl (C=O) groups is 1. The van der Waals surface area contributed by atoms with Gasteiger partial charge in [0.1, 0.15) is 0 Å². The van der Waals surface area contributed by atoms with Crippen LogP contribution in [0.4, 0.5) is 5.95 Å². The standard InChI is InChI=1S/C17H26N6O5/c1-4-28-10-9-23-13-14(20(2)17(26)19-15(13)25)18-16(23)22-7-5-21(6-8-22)11-12(24)27-3/h4-11H2,1-3H3,(H,19,25,26). The molecule has 2 aromatic heterocycles. The Morgan fingerprint density at radius 1 is 1.21 bits per heavy atom. The third-order valence-electron chi connectivity index (χ3n) is 4.89. The SMILES string of the molecule is CCOCCn1c(N2CCN(CC(=O)OC)CC2)nc2c1c(=O)[nH]c(=O)n2C. The molecule has 1 saturated heterocycles. The molecule has 1 aliphatic heterocycles. The molecule has 2 aromatic rings. The van der Waals surface area contributed by atoms with Gasteiger partial charge in [-0.15, -0.1) is 0 Å². The van der Waals surface area contributed by atoms with Crippen molar-refractivity contribution < 1.29 is 14.3 Å². The summed E-state index contributed by atoms with van der Waals surface area (Å²) in [7, 11) is 2.96. The average molecular weight is 394 g/mol. The minimum atomic E-state index is -0.499. The molecule has 0 saturated carbocycles. The quantitative estimate of drug-likeness (QED) is 0.458. The van der Waals surface area contributed by atoms with Crippen LogP contribution in [0.2, 0.25) is 0 Å². The number of aryl methyl sites for hydroxylation is 1. The molecule has 154 valence electrons. The number of carbonyl (C=O) groups excluding carboxylic acids is 1. The second-order valence-electron chi connectivity index (χ2n) is 6.59. The Kier molecular flexibility index (Phi) is 6.15. The van der Waals surface area contributed by atoms with Crippen molar-refractivity contribution in [2.45, 2.75) is 13.5 Å². The molecule has 28 heavy (non-hydrogen) atoms. The van der Waals surface area contributed by atoms with Gasteiger partial charge in [-0.25, -0.2) is 4.79 Å². The third-order valence-corrected chi connectivity index (χ3v) is 4.89. The lowest BCUT2D eigenvalue weighted by Gasteiger charge is -2.34. The maximum absolute atomic E-state index is 12.5. The van der Waals surface area contributed by atoms with Gasteiger partial charge in [-0.3, -0.25) is 24.0 Å². The second kappa shape index (κ2) is 8.57. The number of ether oxygens (including phenoxy) is 2. The summed E-state index contributed by atoms with van der Waals surface area (Å²) in [6, 6.07) is 0. The zero-order chi connectivity index (χ0) is 20.3. The fraction of sp³-hybridized carbons (Fsp3) is 0.647. The van der Waals surface area contributed by atoms with Crippen LogP contribution in [0.15, 0.2) is 9.59 Å². The summed E-state index contributed by atoms with van der Waals surface area (Å²) in [5, 5.41) is 0. The van der Waals surface area contributed by atoms with E-state index in [0.717, 1.165) is 0 Å². The Morgan fingerprint density at radius 3 is 2.57 bits per heavy atom. The zero-order valence-electron chi connectivity index (χ0n) is 16.4. The van der Waals surface area contributed by atoms with Crippen LogP contribution in [0.3, 0.4) is 0 Å². The number of hydrogen-bond acceptors (Lipinski definition) is 8. The first-order valence-corrected chi connectivity index (χ1v) is 9.27. The Hall–Kier alpha value is -2.66. The molecule has 0 unspecified atom stereocenters. The number of piperazine rings is 1. The van der Waals surface area contributed by atoms with Crippen molar-refractivity contribution in [3.63, 3.8) is 0 Å². The molecule has 0 atom stereocenters. The molecule has 0 spiro atoms. The first kappa shape index (κ1) is 20.1. The van der Waals surface area contributed by atoms with E-state index >= 15 is 0 Å². The molecular weight excluding hydrogens is 368 g/mol. The molecule has 0 bridgehead atoms. The maximum Gasteiger partial charge on any atom is 0.329 e. The van der Waals surface area contributed by atoms with Crippen molar-refractivity contribution in [3.8, 4) is 0 Å². The van der Waals surface area contributed by atoms with Crippen molar-refractivity contribution >= 4 is 23.1 Å². The molecular formula is C17H26N6O5. The summed E-state index contributed by atoms with van der Waals surface area (Å²) in [5.41, 5.74) is -0.259. The normalized spacial score (nSPS) is 15.3. The van der Waals surface area contributed by atoms with Crippen LogP contribution < -0.4 is 16.1 Å². The highest BCUT2D eigenvalue weighted by molar-refractivity contribution is 5.74. The number of hydrogen-bond donors (Lipinski definition) is 1. The highest BCUT2D eigenvalue weighted by atomic mass is 16.5. The second-order valence-corrected chi connectivity index (χ2v) is 6.59. The van der Waals surface area contributed by atoms with Crippen LogP contribution in [0.25, 0.3) is 11.2 Å². The van der Waals surface area contributed by atoms with E-state index in [1.165, 1.54) is 11.7 Å². The van der Waals surface area contributed by atoms with E-state index in [-0.39, 0.29) is 12.5 Å². The van der Waals surface area contributed by atoms with Gasteiger partial charge >= 0.3 is 11.7 Å². The summed E-state index contributed by atoms with van der Waals surface area (Å²) in [4.78, 5) is 46.9. The largest absolute Gasteiger partial charge is 0.468 e. The van der Waals surface area contributed by atoms with Gasteiger partial charge in [-0.2, -0.15) is 4.98 Å². The fourth-order valence-electron chi connectivity index (χ4n) is 3.33. The number of nitrogens with zero attached hydrogens (tertiary/aromatic N) is 5. The number of aromatic nitrogens is 4. The van der Waals surface area contributed by atoms with Crippen molar-refractivity contribution in [2.24, 2.45) is 7.05 Å². The number of esters is 1. The molecule has 0 aliphatic carbocycles. The first-order chi connectivity index (χ1) is 13.5. The van der Waals surface area contributed by atoms with Gasteiger partial charge < -0.3 is 18.9 Å². The highest BCUT2D eigenvalue weighted by Gasteiger charge is 2.25. The lowest BCUT2D eigenvalue weighted by molar-refractivity contribution is -0.142. The first-order valence-electron chi connectivity index (χ1n) is 9.27. The van der Waals surface area contributed by atoms with Gasteiger partial charge in [-0.05, 0) is 6.92 Å². The van der Waals surface area contributed by atoms with Crippen LogP contribution in [0.5, 0.6) is 0 Å². The predicted octanol–water partition coefficient (Wildman–Crippen LogP) is -1.25. The Bertz CT molecular complexity index is 953. The maximum atomic E-state index is 12.5. The predicted molar refractivity (Wildman–Crippen MR) is 103 cm³/mol. The van der Waals surface area contributed by atoms with Crippen LogP contribution in [-0.2, 0) is 27.9 Å². The van der Waals surface area contributed by atoms with Crippen molar-refractivity contribution in [1.82, 2.24) is 24.0 Å². The number of methoxy groups -OCH3 is 1. The molecule has 0 radical (unpaired) electrons. The molecule has 1 N–H and O–H groups in total. The summed E-state index contributed by atoms with van der Waals surface area (Å²) >= 11 is 0. The summed E-state index contributed by atoms with van der Waals surface area (Å²) in [6.07, 6.45) is 0. The summed E-state index contributed by atoms with van der Waals surface area (Å²) < 4.78 is 13.3. The molecule has 0 amide bonds. The lowest BCUT2D eigenvalue weighted by Crippen LogP contribution is -2.49. The third kappa shape index (κ3) is 3.94. The number of anilines is 1. The van der Waals surface area contributed by atoms with E-state index in [1.54, 1.807) is 11.6 Å². The van der Waals surface area contributed by atoms with E-state index in [0.29, 0.717) is 63.0 Å². The minimum Gasteiger partial charge on any atom is -0.468 e. The fourth-order valence-corrected chi connectivity index (χ4v) is 3.33. The van der Waals surface area contributed by atoms with E-state index in [1.807, 2.05) is 11.8 Å². The monoisotopic (exact) mass is 394 g/mol. The van der Waals surface area contributed by atoms with Crippen LogP contribution in [0.1, 0.15) is 6.92 Å². The van der Waals surface area contributed by atoms with Crippen molar-refractivity contribution in [3.05, 3.63) is 20.8 Å². The van der Waals surface area contributed by atoms with Crippen molar-refractivity contribution in [2.75, 3.05) is 57.9 Å². The van der Waals surface area contributed by atoms with E-state index in [2.05, 4.69) is 14.9 Å². The average Bonchev–Trinajstić information content (AvgIpc) is 3.07. The number of nitrogens with one attached hydrogen (secondary N) is 1. The van der Waals surface area contributed by atoms with Gasteiger partial charge in [0.2, 0.25) is 5.95 Å². The number of aromatic amines is 1. The Labute approximate surface area is 161 Å². The number of fused-ring (bicyclic) bond motifs is 1. The number of H-pyrrole nitrogens is 1. The van der Waals surface area contributed by atoms with Gasteiger partial charge in [0.25, 0.3) is 5.56 Å². The summed E-state index contributed by atoms with van der Waals surface area (Å²) in [5.74, 6) is 0.359. The van der Waals surface area contributed by atoms with E-state index in [9.17, 15) is 14.4 Å². The smallest absolute Gasteiger partial charge is 0.329 e. The van der Waals surface area contributed by atoms with Gasteiger partial charge in [0, 0.05) is 46.4 Å². The molecule has 1 aliphatic rings. The van der Waals surface area contributed by atoms with E-state index < -0.39 is 11.2 Å².